The van der Waals surface area contributed by atoms with Crippen molar-refractivity contribution in [2.45, 2.75) is 38.4 Å². The molecule has 2 unspecified atom stereocenters. The Labute approximate surface area is 146 Å². The molecule has 1 aromatic rings. The van der Waals surface area contributed by atoms with Gasteiger partial charge in [-0.05, 0) is 50.1 Å². The van der Waals surface area contributed by atoms with Crippen LogP contribution in [0, 0.1) is 0 Å². The third-order valence-corrected chi connectivity index (χ3v) is 5.23. The molecule has 2 atom stereocenters. The predicted octanol–water partition coefficient (Wildman–Crippen LogP) is 4.61. The number of thioether (sulfide) groups is 1. The van der Waals surface area contributed by atoms with Crippen LogP contribution in [-0.2, 0) is 4.74 Å². The normalized spacial score (nSPS) is 20.8. The number of rotatable bonds is 9. The van der Waals surface area contributed by atoms with E-state index in [0.717, 1.165) is 40.5 Å². The van der Waals surface area contributed by atoms with Crippen LogP contribution in [0.15, 0.2) is 41.1 Å². The molecule has 1 saturated heterocycles. The molecule has 1 aromatic carbocycles. The van der Waals surface area contributed by atoms with Gasteiger partial charge in [-0.1, -0.05) is 28.6 Å². The second-order valence-electron chi connectivity index (χ2n) is 5.62. The Bertz CT molecular complexity index is 483. The van der Waals surface area contributed by atoms with Gasteiger partial charge < -0.3 is 15.4 Å². The summed E-state index contributed by atoms with van der Waals surface area (Å²) in [5, 5.41) is 6.58. The van der Waals surface area contributed by atoms with Crippen molar-refractivity contribution in [2.75, 3.05) is 23.4 Å². The van der Waals surface area contributed by atoms with E-state index in [1.807, 2.05) is 36.0 Å². The van der Waals surface area contributed by atoms with Gasteiger partial charge in [-0.15, -0.1) is 0 Å². The van der Waals surface area contributed by atoms with Crippen molar-refractivity contribution in [1.29, 1.82) is 0 Å². The zero-order valence-corrected chi connectivity index (χ0v) is 15.5. The molecule has 0 amide bonds. The van der Waals surface area contributed by atoms with E-state index >= 15 is 0 Å². The monoisotopic (exact) mass is 384 g/mol. The summed E-state index contributed by atoms with van der Waals surface area (Å²) in [6, 6.07) is 8.07. The average Bonchev–Trinajstić information content (AvgIpc) is 2.88. The molecule has 0 radical (unpaired) electrons. The summed E-state index contributed by atoms with van der Waals surface area (Å²) in [6.07, 6.45) is 4.50. The molecule has 122 valence electrons. The highest BCUT2D eigenvalue weighted by Crippen LogP contribution is 2.22. The maximum atomic E-state index is 5.82. The molecule has 0 aromatic heterocycles. The Hall–Kier alpha value is -0.650. The third-order valence-electron chi connectivity index (χ3n) is 3.55. The summed E-state index contributed by atoms with van der Waals surface area (Å²) >= 11 is 5.45. The first-order valence-corrected chi connectivity index (χ1v) is 9.77. The van der Waals surface area contributed by atoms with Crippen LogP contribution in [0.4, 0.5) is 5.69 Å². The quantitative estimate of drug-likeness (QED) is 0.608. The first-order valence-electron chi connectivity index (χ1n) is 7.82. The number of anilines is 1. The lowest BCUT2D eigenvalue weighted by molar-refractivity contribution is 0.0700. The van der Waals surface area contributed by atoms with E-state index in [9.17, 15) is 0 Å². The molecule has 3 nitrogen and oxygen atoms in total. The van der Waals surface area contributed by atoms with Gasteiger partial charge in [0.2, 0.25) is 0 Å². The van der Waals surface area contributed by atoms with E-state index < -0.39 is 0 Å². The Morgan fingerprint density at radius 3 is 3.05 bits per heavy atom. The van der Waals surface area contributed by atoms with Gasteiger partial charge in [-0.3, -0.25) is 0 Å². The van der Waals surface area contributed by atoms with Gasteiger partial charge >= 0.3 is 0 Å². The number of halogens is 1. The Morgan fingerprint density at radius 2 is 2.32 bits per heavy atom. The van der Waals surface area contributed by atoms with E-state index in [1.54, 1.807) is 0 Å². The van der Waals surface area contributed by atoms with E-state index in [1.165, 1.54) is 12.8 Å². The topological polar surface area (TPSA) is 33.3 Å². The lowest BCUT2D eigenvalue weighted by Crippen LogP contribution is -2.20. The minimum absolute atomic E-state index is 0.458. The fourth-order valence-corrected chi connectivity index (χ4v) is 3.84. The molecular formula is C17H25BrN2OS. The molecule has 0 bridgehead atoms. The standard InChI is InChI=1S/C17H25BrN2OS/c1-13-7-8-17(21-13)12-22-10-4-9-19-14(2)20-16-6-3-5-15(18)11-16/h3,5-6,11,13,17,19-20H,2,4,7-10,12H2,1H3. The van der Waals surface area contributed by atoms with Crippen molar-refractivity contribution in [3.8, 4) is 0 Å². The highest BCUT2D eigenvalue weighted by molar-refractivity contribution is 9.10. The average molecular weight is 385 g/mol. The van der Waals surface area contributed by atoms with Gasteiger partial charge in [0.25, 0.3) is 0 Å². The summed E-state index contributed by atoms with van der Waals surface area (Å²) in [4.78, 5) is 0. The second kappa shape index (κ2) is 9.48. The Morgan fingerprint density at radius 1 is 1.45 bits per heavy atom. The highest BCUT2D eigenvalue weighted by Gasteiger charge is 2.20. The molecule has 0 saturated carbocycles. The molecule has 2 rings (SSSR count). The maximum Gasteiger partial charge on any atom is 0.0957 e. The van der Waals surface area contributed by atoms with Crippen LogP contribution < -0.4 is 10.6 Å². The predicted molar refractivity (Wildman–Crippen MR) is 100 cm³/mol. The van der Waals surface area contributed by atoms with E-state index in [-0.39, 0.29) is 0 Å². The van der Waals surface area contributed by atoms with Crippen LogP contribution in [-0.4, -0.2) is 30.3 Å². The number of ether oxygens (including phenoxy) is 1. The number of nitrogens with one attached hydrogen (secondary N) is 2. The number of benzene rings is 1. The van der Waals surface area contributed by atoms with Gasteiger partial charge in [-0.25, -0.2) is 0 Å². The van der Waals surface area contributed by atoms with Crippen LogP contribution in [0.2, 0.25) is 0 Å². The summed E-state index contributed by atoms with van der Waals surface area (Å²) in [5.41, 5.74) is 1.04. The van der Waals surface area contributed by atoms with E-state index in [0.29, 0.717) is 12.2 Å². The van der Waals surface area contributed by atoms with Crippen molar-refractivity contribution in [2.24, 2.45) is 0 Å². The van der Waals surface area contributed by atoms with Gasteiger partial charge in [0.15, 0.2) is 0 Å². The van der Waals surface area contributed by atoms with Gasteiger partial charge in [-0.2, -0.15) is 11.8 Å². The van der Waals surface area contributed by atoms with Crippen molar-refractivity contribution < 1.29 is 4.74 Å². The van der Waals surface area contributed by atoms with Crippen molar-refractivity contribution in [3.63, 3.8) is 0 Å². The summed E-state index contributed by atoms with van der Waals surface area (Å²) in [6.45, 7) is 7.11. The van der Waals surface area contributed by atoms with Crippen molar-refractivity contribution in [1.82, 2.24) is 5.32 Å². The molecule has 1 fully saturated rings. The van der Waals surface area contributed by atoms with Crippen LogP contribution in [0.3, 0.4) is 0 Å². The minimum Gasteiger partial charge on any atom is -0.374 e. The second-order valence-corrected chi connectivity index (χ2v) is 7.68. The molecule has 5 heteroatoms. The largest absolute Gasteiger partial charge is 0.374 e. The molecule has 1 heterocycles. The van der Waals surface area contributed by atoms with Crippen LogP contribution in [0.25, 0.3) is 0 Å². The first kappa shape index (κ1) is 17.7. The van der Waals surface area contributed by atoms with Crippen LogP contribution >= 0.6 is 27.7 Å². The molecule has 1 aliphatic heterocycles. The smallest absolute Gasteiger partial charge is 0.0957 e. The van der Waals surface area contributed by atoms with Gasteiger partial charge in [0.05, 0.1) is 18.0 Å². The molecule has 0 aliphatic carbocycles. The fourth-order valence-electron chi connectivity index (χ4n) is 2.42. The number of hydrogen-bond donors (Lipinski definition) is 2. The molecular weight excluding hydrogens is 360 g/mol. The third kappa shape index (κ3) is 6.63. The van der Waals surface area contributed by atoms with Gasteiger partial charge in [0.1, 0.15) is 0 Å². The highest BCUT2D eigenvalue weighted by atomic mass is 79.9. The Kier molecular flexibility index (Phi) is 7.63. The van der Waals surface area contributed by atoms with Crippen LogP contribution in [0.1, 0.15) is 26.2 Å². The molecule has 22 heavy (non-hydrogen) atoms. The zero-order valence-electron chi connectivity index (χ0n) is 13.1. The lowest BCUT2D eigenvalue weighted by Gasteiger charge is -2.13. The van der Waals surface area contributed by atoms with E-state index in [2.05, 4.69) is 40.1 Å². The van der Waals surface area contributed by atoms with Crippen LogP contribution in [0.5, 0.6) is 0 Å². The van der Waals surface area contributed by atoms with Crippen molar-refractivity contribution >= 4 is 33.4 Å². The molecule has 0 spiro atoms. The maximum absolute atomic E-state index is 5.82. The van der Waals surface area contributed by atoms with Crippen molar-refractivity contribution in [3.05, 3.63) is 41.1 Å². The lowest BCUT2D eigenvalue weighted by atomic mass is 10.2. The molecule has 1 aliphatic rings. The molecule has 2 N–H and O–H groups in total. The number of hydrogen-bond acceptors (Lipinski definition) is 4. The van der Waals surface area contributed by atoms with Gasteiger partial charge in [0, 0.05) is 22.5 Å². The minimum atomic E-state index is 0.458. The first-order chi connectivity index (χ1) is 10.6. The zero-order chi connectivity index (χ0) is 15.8. The summed E-state index contributed by atoms with van der Waals surface area (Å²) < 4.78 is 6.88. The fraction of sp³-hybridized carbons (Fsp3) is 0.529. The van der Waals surface area contributed by atoms with E-state index in [4.69, 9.17) is 4.74 Å². The summed E-state index contributed by atoms with van der Waals surface area (Å²) in [5.74, 6) is 3.13. The Balaban J connectivity index is 1.50. The summed E-state index contributed by atoms with van der Waals surface area (Å²) in [7, 11) is 0. The SMILES string of the molecule is C=C(NCCCSCC1CCC(C)O1)Nc1cccc(Br)c1.